The highest BCUT2D eigenvalue weighted by Gasteiger charge is 2.16. The van der Waals surface area contributed by atoms with Crippen molar-refractivity contribution in [2.24, 2.45) is 5.10 Å². The van der Waals surface area contributed by atoms with E-state index in [9.17, 15) is 4.79 Å². The van der Waals surface area contributed by atoms with Crippen LogP contribution in [0, 0.1) is 0 Å². The van der Waals surface area contributed by atoms with Gasteiger partial charge in [0.1, 0.15) is 18.8 Å². The Morgan fingerprint density at radius 1 is 1.38 bits per heavy atom. The average molecular weight is 378 g/mol. The predicted molar refractivity (Wildman–Crippen MR) is 103 cm³/mol. The third-order valence-corrected chi connectivity index (χ3v) is 4.55. The van der Waals surface area contributed by atoms with Gasteiger partial charge < -0.3 is 25.0 Å². The fourth-order valence-corrected chi connectivity index (χ4v) is 2.96. The number of ether oxygens (including phenoxy) is 2. The van der Waals surface area contributed by atoms with E-state index in [1.807, 2.05) is 25.1 Å². The van der Waals surface area contributed by atoms with E-state index < -0.39 is 0 Å². The van der Waals surface area contributed by atoms with Gasteiger partial charge in [0.25, 0.3) is 5.91 Å². The number of hydrogen-bond acceptors (Lipinski definition) is 5. The van der Waals surface area contributed by atoms with Gasteiger partial charge in [-0.15, -0.1) is 0 Å². The van der Waals surface area contributed by atoms with Gasteiger partial charge in [-0.3, -0.25) is 10.2 Å². The molecular weight excluding hydrogens is 354 g/mol. The monoisotopic (exact) mass is 378 g/mol. The summed E-state index contributed by atoms with van der Waals surface area (Å²) in [5, 5.41) is 10.8. The summed E-state index contributed by atoms with van der Waals surface area (Å²) in [7, 11) is 0. The number of hydrogen-bond donors (Lipinski definition) is 4. The van der Waals surface area contributed by atoms with Crippen molar-refractivity contribution in [2.45, 2.75) is 6.92 Å². The van der Waals surface area contributed by atoms with Gasteiger partial charge in [0.15, 0.2) is 11.7 Å². The van der Waals surface area contributed by atoms with E-state index in [4.69, 9.17) is 21.7 Å². The van der Waals surface area contributed by atoms with E-state index in [2.05, 4.69) is 21.2 Å². The Kier molecular flexibility index (Phi) is 6.37. The second-order valence-electron chi connectivity index (χ2n) is 6.23. The van der Waals surface area contributed by atoms with Crippen LogP contribution in [0.4, 0.5) is 5.69 Å². The summed E-state index contributed by atoms with van der Waals surface area (Å²) in [6, 6.07) is 5.56. The topological polar surface area (TPSA) is 88.4 Å². The van der Waals surface area contributed by atoms with Crippen molar-refractivity contribution >= 4 is 34.6 Å². The Hall–Kier alpha value is -2.23. The molecule has 140 valence electrons. The molecule has 0 bridgehead atoms. The van der Waals surface area contributed by atoms with Gasteiger partial charge in [-0.25, -0.2) is 0 Å². The molecule has 2 aliphatic rings. The highest BCUT2D eigenvalue weighted by atomic mass is 32.1. The van der Waals surface area contributed by atoms with E-state index >= 15 is 0 Å². The molecule has 0 spiro atoms. The number of nitrogens with zero attached hydrogens (tertiary/aromatic N) is 1. The first-order valence-electron chi connectivity index (χ1n) is 8.68. The lowest BCUT2D eigenvalue weighted by Crippen LogP contribution is -3.14. The summed E-state index contributed by atoms with van der Waals surface area (Å²) in [5.41, 5.74) is 5.16. The molecule has 0 saturated carbocycles. The number of carbonyl (C=O) groups is 1. The minimum atomic E-state index is -0.157. The normalized spacial score (nSPS) is 17.7. The SMILES string of the molecule is C/C(=N/NC(=S)NCC[NH+]1CCOCC1)c1ccc2c(c1)NC(=O)CO2. The summed E-state index contributed by atoms with van der Waals surface area (Å²) >= 11 is 5.26. The molecule has 0 unspecified atom stereocenters. The van der Waals surface area contributed by atoms with Crippen LogP contribution < -0.4 is 25.7 Å². The highest BCUT2D eigenvalue weighted by molar-refractivity contribution is 7.80. The number of morpholine rings is 1. The molecule has 0 aromatic heterocycles. The van der Waals surface area contributed by atoms with Crippen molar-refractivity contribution in [1.82, 2.24) is 10.7 Å². The Labute approximate surface area is 157 Å². The molecule has 4 N–H and O–H groups in total. The van der Waals surface area contributed by atoms with Crippen molar-refractivity contribution in [3.05, 3.63) is 23.8 Å². The van der Waals surface area contributed by atoms with Gasteiger partial charge >= 0.3 is 0 Å². The van der Waals surface area contributed by atoms with Crippen LogP contribution in [0.3, 0.4) is 0 Å². The molecular formula is C17H24N5O3S+. The number of amides is 1. The number of thiocarbonyl (C=S) groups is 1. The molecule has 1 fully saturated rings. The van der Waals surface area contributed by atoms with Gasteiger partial charge in [0, 0.05) is 0 Å². The molecule has 2 heterocycles. The molecule has 2 aliphatic heterocycles. The van der Waals surface area contributed by atoms with Gasteiger partial charge in [-0.1, -0.05) is 0 Å². The van der Waals surface area contributed by atoms with Crippen molar-refractivity contribution in [2.75, 3.05) is 51.3 Å². The lowest BCUT2D eigenvalue weighted by atomic mass is 10.1. The fourth-order valence-electron chi connectivity index (χ4n) is 2.81. The Morgan fingerprint density at radius 3 is 3.00 bits per heavy atom. The summed E-state index contributed by atoms with van der Waals surface area (Å²) in [5.74, 6) is 0.507. The van der Waals surface area contributed by atoms with Gasteiger partial charge in [0.05, 0.1) is 37.7 Å². The van der Waals surface area contributed by atoms with Crippen molar-refractivity contribution in [3.63, 3.8) is 0 Å². The van der Waals surface area contributed by atoms with Crippen LogP contribution in [0.25, 0.3) is 0 Å². The maximum Gasteiger partial charge on any atom is 0.262 e. The van der Waals surface area contributed by atoms with Crippen LogP contribution in [0.5, 0.6) is 5.75 Å². The molecule has 0 atom stereocenters. The van der Waals surface area contributed by atoms with E-state index in [1.165, 1.54) is 4.90 Å². The molecule has 0 radical (unpaired) electrons. The molecule has 9 heteroatoms. The molecule has 1 aromatic rings. The smallest absolute Gasteiger partial charge is 0.262 e. The van der Waals surface area contributed by atoms with Crippen LogP contribution in [0.2, 0.25) is 0 Å². The van der Waals surface area contributed by atoms with Gasteiger partial charge in [0.2, 0.25) is 0 Å². The first kappa shape index (κ1) is 18.6. The average Bonchev–Trinajstić information content (AvgIpc) is 2.66. The van der Waals surface area contributed by atoms with E-state index in [1.54, 1.807) is 0 Å². The maximum absolute atomic E-state index is 11.4. The maximum atomic E-state index is 11.4. The van der Waals surface area contributed by atoms with Crippen LogP contribution in [-0.4, -0.2) is 62.7 Å². The van der Waals surface area contributed by atoms with E-state index in [0.717, 1.165) is 50.7 Å². The van der Waals surface area contributed by atoms with E-state index in [0.29, 0.717) is 16.5 Å². The van der Waals surface area contributed by atoms with Crippen LogP contribution >= 0.6 is 12.2 Å². The molecule has 8 nitrogen and oxygen atoms in total. The third-order valence-electron chi connectivity index (χ3n) is 4.32. The van der Waals surface area contributed by atoms with Crippen LogP contribution in [0.1, 0.15) is 12.5 Å². The number of carbonyl (C=O) groups excluding carboxylic acids is 1. The summed E-state index contributed by atoms with van der Waals surface area (Å²) in [4.78, 5) is 12.9. The standard InChI is InChI=1S/C17H23N5O3S/c1-12(13-2-3-15-14(10-13)19-16(23)11-25-15)20-21-17(26)18-4-5-22-6-8-24-9-7-22/h2-3,10H,4-9,11H2,1H3,(H,19,23)(H2,18,21,26)/p+1/b20-12-. The molecule has 0 aliphatic carbocycles. The molecule has 1 saturated heterocycles. The van der Waals surface area contributed by atoms with Crippen molar-refractivity contribution in [3.8, 4) is 5.75 Å². The lowest BCUT2D eigenvalue weighted by Gasteiger charge is -2.23. The Morgan fingerprint density at radius 2 is 2.19 bits per heavy atom. The number of benzene rings is 1. The van der Waals surface area contributed by atoms with Crippen molar-refractivity contribution in [1.29, 1.82) is 0 Å². The predicted octanol–water partition coefficient (Wildman–Crippen LogP) is -0.879. The number of fused-ring (bicyclic) bond motifs is 1. The molecule has 1 amide bonds. The van der Waals surface area contributed by atoms with E-state index in [-0.39, 0.29) is 12.5 Å². The number of anilines is 1. The minimum Gasteiger partial charge on any atom is -0.482 e. The largest absolute Gasteiger partial charge is 0.482 e. The van der Waals surface area contributed by atoms with Gasteiger partial charge in [-0.2, -0.15) is 5.10 Å². The number of quaternary nitrogens is 1. The Balaban J connectivity index is 1.47. The zero-order chi connectivity index (χ0) is 18.4. The van der Waals surface area contributed by atoms with Crippen LogP contribution in [-0.2, 0) is 9.53 Å². The third kappa shape index (κ3) is 5.13. The zero-order valence-corrected chi connectivity index (χ0v) is 15.6. The summed E-state index contributed by atoms with van der Waals surface area (Å²) < 4.78 is 10.7. The fraction of sp³-hybridized carbons (Fsp3) is 0.471. The first-order chi connectivity index (χ1) is 12.6. The molecule has 3 rings (SSSR count). The Bertz CT molecular complexity index is 704. The molecule has 1 aromatic carbocycles. The summed E-state index contributed by atoms with van der Waals surface area (Å²) in [6.45, 7) is 7.45. The number of rotatable bonds is 5. The second-order valence-corrected chi connectivity index (χ2v) is 6.63. The molecule has 26 heavy (non-hydrogen) atoms. The van der Waals surface area contributed by atoms with Gasteiger partial charge in [-0.05, 0) is 42.9 Å². The quantitative estimate of drug-likeness (QED) is 0.302. The highest BCUT2D eigenvalue weighted by Crippen LogP contribution is 2.28. The summed E-state index contributed by atoms with van der Waals surface area (Å²) in [6.07, 6.45) is 0. The van der Waals surface area contributed by atoms with Crippen LogP contribution in [0.15, 0.2) is 23.3 Å². The second kappa shape index (κ2) is 8.93. The first-order valence-corrected chi connectivity index (χ1v) is 9.09. The number of hydrazone groups is 1. The number of nitrogens with one attached hydrogen (secondary N) is 4. The lowest BCUT2D eigenvalue weighted by molar-refractivity contribution is -0.906. The minimum absolute atomic E-state index is 0.0487. The van der Waals surface area contributed by atoms with Crippen molar-refractivity contribution < 1.29 is 19.2 Å². The zero-order valence-electron chi connectivity index (χ0n) is 14.8.